The highest BCUT2D eigenvalue weighted by molar-refractivity contribution is 5.51. The van der Waals surface area contributed by atoms with Gasteiger partial charge in [0.15, 0.2) is 5.82 Å². The zero-order valence-corrected chi connectivity index (χ0v) is 11.1. The Hall–Kier alpha value is -2.50. The van der Waals surface area contributed by atoms with Crippen LogP contribution in [0.15, 0.2) is 35.4 Å². The van der Waals surface area contributed by atoms with Gasteiger partial charge in [0.05, 0.1) is 26.1 Å². The molecule has 2 N–H and O–H groups in total. The molecule has 1 aliphatic heterocycles. The number of benzene rings is 1. The second-order valence-electron chi connectivity index (χ2n) is 4.49. The van der Waals surface area contributed by atoms with Crippen LogP contribution in [0.2, 0.25) is 0 Å². The van der Waals surface area contributed by atoms with Gasteiger partial charge in [-0.3, -0.25) is 4.79 Å². The van der Waals surface area contributed by atoms with Crippen LogP contribution < -0.4 is 20.3 Å². The SMILES string of the molecule is COc1c(NC2CCOc3ccccc32)nc[nH]c1=O. The van der Waals surface area contributed by atoms with E-state index < -0.39 is 0 Å². The summed E-state index contributed by atoms with van der Waals surface area (Å²) < 4.78 is 10.7. The smallest absolute Gasteiger partial charge is 0.295 e. The fourth-order valence-corrected chi connectivity index (χ4v) is 2.34. The molecule has 3 rings (SSSR count). The molecule has 0 fully saturated rings. The predicted octanol–water partition coefficient (Wildman–Crippen LogP) is 1.71. The first-order valence-electron chi connectivity index (χ1n) is 6.39. The van der Waals surface area contributed by atoms with Crippen molar-refractivity contribution in [3.63, 3.8) is 0 Å². The summed E-state index contributed by atoms with van der Waals surface area (Å²) >= 11 is 0. The van der Waals surface area contributed by atoms with Crippen LogP contribution in [0.4, 0.5) is 5.82 Å². The number of methoxy groups -OCH3 is 1. The van der Waals surface area contributed by atoms with Gasteiger partial charge in [-0.2, -0.15) is 0 Å². The third-order valence-electron chi connectivity index (χ3n) is 3.28. The number of ether oxygens (including phenoxy) is 2. The Labute approximate surface area is 115 Å². The van der Waals surface area contributed by atoms with Crippen molar-refractivity contribution in [1.82, 2.24) is 9.97 Å². The molecule has 0 aliphatic carbocycles. The van der Waals surface area contributed by atoms with Gasteiger partial charge in [-0.1, -0.05) is 18.2 Å². The zero-order valence-electron chi connectivity index (χ0n) is 11.1. The van der Waals surface area contributed by atoms with Crippen molar-refractivity contribution >= 4 is 5.82 Å². The van der Waals surface area contributed by atoms with Gasteiger partial charge in [-0.25, -0.2) is 4.98 Å². The van der Waals surface area contributed by atoms with Crippen LogP contribution in [0.1, 0.15) is 18.0 Å². The lowest BCUT2D eigenvalue weighted by Crippen LogP contribution is -2.22. The highest BCUT2D eigenvalue weighted by Crippen LogP contribution is 2.34. The highest BCUT2D eigenvalue weighted by Gasteiger charge is 2.22. The Morgan fingerprint density at radius 3 is 3.15 bits per heavy atom. The molecule has 0 saturated carbocycles. The van der Waals surface area contributed by atoms with Crippen molar-refractivity contribution in [3.05, 3.63) is 46.5 Å². The fourth-order valence-electron chi connectivity index (χ4n) is 2.34. The van der Waals surface area contributed by atoms with Gasteiger partial charge >= 0.3 is 0 Å². The maximum absolute atomic E-state index is 11.7. The number of H-pyrrole nitrogens is 1. The van der Waals surface area contributed by atoms with Gasteiger partial charge in [0.1, 0.15) is 5.75 Å². The molecular weight excluding hydrogens is 258 g/mol. The summed E-state index contributed by atoms with van der Waals surface area (Å²) in [5.74, 6) is 1.49. The van der Waals surface area contributed by atoms with E-state index >= 15 is 0 Å². The van der Waals surface area contributed by atoms with Gasteiger partial charge in [0.25, 0.3) is 5.56 Å². The first-order chi connectivity index (χ1) is 9.79. The Balaban J connectivity index is 1.94. The topological polar surface area (TPSA) is 76.2 Å². The molecule has 0 amide bonds. The molecule has 1 aromatic heterocycles. The molecule has 0 spiro atoms. The van der Waals surface area contributed by atoms with Crippen LogP contribution in [0.3, 0.4) is 0 Å². The molecule has 20 heavy (non-hydrogen) atoms. The molecular formula is C14H15N3O3. The van der Waals surface area contributed by atoms with Crippen molar-refractivity contribution in [3.8, 4) is 11.5 Å². The Bertz CT molecular complexity index is 669. The Kier molecular flexibility index (Phi) is 3.28. The standard InChI is InChI=1S/C14H15N3O3/c1-19-12-13(15-8-16-14(12)18)17-10-6-7-20-11-5-3-2-4-9(10)11/h2-5,8,10H,6-7H2,1H3,(H2,15,16,17,18). The van der Waals surface area contributed by atoms with Crippen LogP contribution >= 0.6 is 0 Å². The minimum absolute atomic E-state index is 0.0446. The summed E-state index contributed by atoms with van der Waals surface area (Å²) in [6.45, 7) is 0.625. The van der Waals surface area contributed by atoms with E-state index in [1.54, 1.807) is 0 Å². The van der Waals surface area contributed by atoms with E-state index in [0.717, 1.165) is 17.7 Å². The average Bonchev–Trinajstić information content (AvgIpc) is 2.48. The highest BCUT2D eigenvalue weighted by atomic mass is 16.5. The first kappa shape index (κ1) is 12.5. The lowest BCUT2D eigenvalue weighted by molar-refractivity contribution is 0.274. The van der Waals surface area contributed by atoms with E-state index in [0.29, 0.717) is 12.4 Å². The van der Waals surface area contributed by atoms with E-state index in [9.17, 15) is 4.79 Å². The van der Waals surface area contributed by atoms with E-state index in [1.165, 1.54) is 13.4 Å². The van der Waals surface area contributed by atoms with Crippen LogP contribution in [0, 0.1) is 0 Å². The largest absolute Gasteiger partial charge is 0.493 e. The van der Waals surface area contributed by atoms with Gasteiger partial charge < -0.3 is 19.8 Å². The van der Waals surface area contributed by atoms with Gasteiger partial charge in [-0.15, -0.1) is 0 Å². The molecule has 0 bridgehead atoms. The lowest BCUT2D eigenvalue weighted by Gasteiger charge is -2.27. The van der Waals surface area contributed by atoms with E-state index in [4.69, 9.17) is 9.47 Å². The number of para-hydroxylation sites is 1. The average molecular weight is 273 g/mol. The number of fused-ring (bicyclic) bond motifs is 1. The number of rotatable bonds is 3. The molecule has 0 saturated heterocycles. The van der Waals surface area contributed by atoms with Crippen molar-refractivity contribution in [2.75, 3.05) is 19.0 Å². The molecule has 1 unspecified atom stereocenters. The third kappa shape index (κ3) is 2.20. The molecule has 104 valence electrons. The monoisotopic (exact) mass is 273 g/mol. The summed E-state index contributed by atoms with van der Waals surface area (Å²) in [7, 11) is 1.45. The second kappa shape index (κ2) is 5.24. The maximum Gasteiger partial charge on any atom is 0.295 e. The first-order valence-corrected chi connectivity index (χ1v) is 6.39. The van der Waals surface area contributed by atoms with E-state index in [1.807, 2.05) is 24.3 Å². The molecule has 6 nitrogen and oxygen atoms in total. The van der Waals surface area contributed by atoms with Crippen molar-refractivity contribution in [2.45, 2.75) is 12.5 Å². The fraction of sp³-hybridized carbons (Fsp3) is 0.286. The van der Waals surface area contributed by atoms with Crippen LogP contribution in [-0.2, 0) is 0 Å². The number of nitrogens with zero attached hydrogens (tertiary/aromatic N) is 1. The summed E-state index contributed by atoms with van der Waals surface area (Å²) in [6.07, 6.45) is 2.16. The van der Waals surface area contributed by atoms with Crippen molar-refractivity contribution < 1.29 is 9.47 Å². The minimum atomic E-state index is -0.301. The molecule has 2 aromatic rings. The van der Waals surface area contributed by atoms with Gasteiger partial charge in [0.2, 0.25) is 5.75 Å². The van der Waals surface area contributed by atoms with Gasteiger partial charge in [0, 0.05) is 12.0 Å². The Morgan fingerprint density at radius 1 is 1.45 bits per heavy atom. The number of hydrogen-bond donors (Lipinski definition) is 2. The molecule has 2 heterocycles. The molecule has 1 aromatic carbocycles. The van der Waals surface area contributed by atoms with Crippen molar-refractivity contribution in [2.24, 2.45) is 0 Å². The van der Waals surface area contributed by atoms with E-state index in [2.05, 4.69) is 15.3 Å². The lowest BCUT2D eigenvalue weighted by atomic mass is 10.0. The number of aromatic nitrogens is 2. The zero-order chi connectivity index (χ0) is 13.9. The van der Waals surface area contributed by atoms with Crippen molar-refractivity contribution in [1.29, 1.82) is 0 Å². The third-order valence-corrected chi connectivity index (χ3v) is 3.28. The number of hydrogen-bond acceptors (Lipinski definition) is 5. The predicted molar refractivity (Wildman–Crippen MR) is 74.3 cm³/mol. The quantitative estimate of drug-likeness (QED) is 0.890. The number of anilines is 1. The molecule has 0 radical (unpaired) electrons. The minimum Gasteiger partial charge on any atom is -0.493 e. The molecule has 6 heteroatoms. The summed E-state index contributed by atoms with van der Waals surface area (Å²) in [6, 6.07) is 7.89. The maximum atomic E-state index is 11.7. The Morgan fingerprint density at radius 2 is 2.30 bits per heavy atom. The van der Waals surface area contributed by atoms with Crippen LogP contribution in [0.5, 0.6) is 11.5 Å². The summed E-state index contributed by atoms with van der Waals surface area (Å²) in [5, 5.41) is 3.26. The second-order valence-corrected chi connectivity index (χ2v) is 4.49. The van der Waals surface area contributed by atoms with E-state index in [-0.39, 0.29) is 17.4 Å². The van der Waals surface area contributed by atoms with Gasteiger partial charge in [-0.05, 0) is 6.07 Å². The van der Waals surface area contributed by atoms with Crippen LogP contribution in [-0.4, -0.2) is 23.7 Å². The molecule has 1 atom stereocenters. The number of nitrogens with one attached hydrogen (secondary N) is 2. The normalized spacial score (nSPS) is 16.9. The van der Waals surface area contributed by atoms with Crippen LogP contribution in [0.25, 0.3) is 0 Å². The summed E-state index contributed by atoms with van der Waals surface area (Å²) in [5.41, 5.74) is 0.758. The summed E-state index contributed by atoms with van der Waals surface area (Å²) in [4.78, 5) is 18.3. The molecule has 1 aliphatic rings. The number of aromatic amines is 1.